The third-order valence-corrected chi connectivity index (χ3v) is 6.71. The summed E-state index contributed by atoms with van der Waals surface area (Å²) in [6.45, 7) is -0.629. The fourth-order valence-corrected chi connectivity index (χ4v) is 5.16. The SMILES string of the molecule is O=C1c2ccccc2C(=O)N1C1C(O)C(O)C(CO)OC1S(=O)c1ccccc1. The first-order valence-electron chi connectivity index (χ1n) is 9.00. The van der Waals surface area contributed by atoms with Crippen LogP contribution in [0.2, 0.25) is 0 Å². The van der Waals surface area contributed by atoms with Crippen LogP contribution in [0.3, 0.4) is 0 Å². The number of carbonyl (C=O) groups excluding carboxylic acids is 2. The van der Waals surface area contributed by atoms with Crippen molar-refractivity contribution in [3.63, 3.8) is 0 Å². The summed E-state index contributed by atoms with van der Waals surface area (Å²) in [6, 6.07) is 13.0. The van der Waals surface area contributed by atoms with Crippen molar-refractivity contribution in [1.29, 1.82) is 0 Å². The minimum Gasteiger partial charge on any atom is -0.394 e. The number of benzene rings is 2. The van der Waals surface area contributed by atoms with Crippen LogP contribution in [0.25, 0.3) is 0 Å². The smallest absolute Gasteiger partial charge is 0.262 e. The minimum atomic E-state index is -1.90. The fourth-order valence-electron chi connectivity index (χ4n) is 3.69. The molecule has 2 aromatic rings. The Hall–Kier alpha value is -2.43. The zero-order valence-electron chi connectivity index (χ0n) is 15.1. The van der Waals surface area contributed by atoms with Gasteiger partial charge in [0.15, 0.2) is 5.44 Å². The van der Waals surface area contributed by atoms with Gasteiger partial charge in [-0.05, 0) is 24.3 Å². The molecule has 1 fully saturated rings. The number of hydrogen-bond acceptors (Lipinski definition) is 7. The zero-order valence-corrected chi connectivity index (χ0v) is 15.9. The highest BCUT2D eigenvalue weighted by Crippen LogP contribution is 2.34. The van der Waals surface area contributed by atoms with E-state index < -0.39 is 59.0 Å². The second-order valence-electron chi connectivity index (χ2n) is 6.83. The molecule has 152 valence electrons. The van der Waals surface area contributed by atoms with Crippen LogP contribution < -0.4 is 0 Å². The van der Waals surface area contributed by atoms with Gasteiger partial charge in [0.25, 0.3) is 11.8 Å². The first-order chi connectivity index (χ1) is 14.0. The van der Waals surface area contributed by atoms with Gasteiger partial charge >= 0.3 is 0 Å². The number of aliphatic hydroxyl groups excluding tert-OH is 3. The standard InChI is InChI=1S/C20H19NO7S/c22-10-14-16(23)17(24)15(20(28-14)29(27)11-6-2-1-3-7-11)21-18(25)12-8-4-5-9-13(12)19(21)26/h1-9,14-17,20,22-24H,10H2. The van der Waals surface area contributed by atoms with Crippen molar-refractivity contribution in [1.82, 2.24) is 4.90 Å². The molecule has 9 heteroatoms. The molecular weight excluding hydrogens is 398 g/mol. The summed E-state index contributed by atoms with van der Waals surface area (Å²) < 4.78 is 18.9. The zero-order chi connectivity index (χ0) is 20.7. The lowest BCUT2D eigenvalue weighted by molar-refractivity contribution is -0.182. The van der Waals surface area contributed by atoms with Crippen LogP contribution in [0, 0.1) is 0 Å². The highest BCUT2D eigenvalue weighted by Gasteiger charge is 2.54. The number of nitrogens with zero attached hydrogens (tertiary/aromatic N) is 1. The van der Waals surface area contributed by atoms with Crippen molar-refractivity contribution in [2.24, 2.45) is 0 Å². The van der Waals surface area contributed by atoms with Gasteiger partial charge < -0.3 is 20.1 Å². The molecule has 6 atom stereocenters. The maximum atomic E-state index is 13.2. The van der Waals surface area contributed by atoms with E-state index in [4.69, 9.17) is 4.74 Å². The third kappa shape index (κ3) is 3.21. The summed E-state index contributed by atoms with van der Waals surface area (Å²) in [5.74, 6) is -1.33. The van der Waals surface area contributed by atoms with E-state index in [2.05, 4.69) is 0 Å². The quantitative estimate of drug-likeness (QED) is 0.593. The molecule has 8 nitrogen and oxygen atoms in total. The second-order valence-corrected chi connectivity index (χ2v) is 8.36. The first kappa shape index (κ1) is 19.9. The predicted molar refractivity (Wildman–Crippen MR) is 101 cm³/mol. The van der Waals surface area contributed by atoms with Crippen molar-refractivity contribution < 1.29 is 33.9 Å². The topological polar surface area (TPSA) is 124 Å². The molecule has 2 aromatic carbocycles. The van der Waals surface area contributed by atoms with Crippen LogP contribution in [0.5, 0.6) is 0 Å². The summed E-state index contributed by atoms with van der Waals surface area (Å²) in [7, 11) is -1.90. The summed E-state index contributed by atoms with van der Waals surface area (Å²) in [6.07, 6.45) is -4.44. The Kier molecular flexibility index (Phi) is 5.32. The Bertz CT molecular complexity index is 931. The lowest BCUT2D eigenvalue weighted by Crippen LogP contribution is -2.66. The number of ether oxygens (including phenoxy) is 1. The maximum Gasteiger partial charge on any atom is 0.262 e. The van der Waals surface area contributed by atoms with E-state index in [1.54, 1.807) is 42.5 Å². The lowest BCUT2D eigenvalue weighted by Gasteiger charge is -2.44. The second kappa shape index (κ2) is 7.77. The Balaban J connectivity index is 1.77. The van der Waals surface area contributed by atoms with Crippen LogP contribution >= 0.6 is 0 Å². The summed E-state index contributed by atoms with van der Waals surface area (Å²) >= 11 is 0. The number of hydrogen-bond donors (Lipinski definition) is 3. The van der Waals surface area contributed by atoms with Crippen molar-refractivity contribution in [3.05, 3.63) is 65.7 Å². The summed E-state index contributed by atoms with van der Waals surface area (Å²) in [5.41, 5.74) is -1.02. The van der Waals surface area contributed by atoms with Crippen LogP contribution in [-0.4, -0.2) is 72.6 Å². The lowest BCUT2D eigenvalue weighted by atomic mass is 9.97. The molecule has 2 aliphatic heterocycles. The maximum absolute atomic E-state index is 13.2. The van der Waals surface area contributed by atoms with Gasteiger partial charge in [0, 0.05) is 4.90 Å². The molecule has 0 aromatic heterocycles. The Labute approximate surface area is 168 Å². The molecular formula is C20H19NO7S. The highest BCUT2D eigenvalue weighted by molar-refractivity contribution is 7.85. The fraction of sp³-hybridized carbons (Fsp3) is 0.300. The van der Waals surface area contributed by atoms with Gasteiger partial charge in [0.1, 0.15) is 24.4 Å². The van der Waals surface area contributed by atoms with E-state index >= 15 is 0 Å². The molecule has 0 bridgehead atoms. The van der Waals surface area contributed by atoms with Gasteiger partial charge in [0.2, 0.25) is 0 Å². The van der Waals surface area contributed by atoms with E-state index in [1.807, 2.05) is 0 Å². The molecule has 29 heavy (non-hydrogen) atoms. The molecule has 3 N–H and O–H groups in total. The van der Waals surface area contributed by atoms with Gasteiger partial charge in [-0.15, -0.1) is 0 Å². The number of carbonyl (C=O) groups is 2. The van der Waals surface area contributed by atoms with E-state index in [9.17, 15) is 29.1 Å². The van der Waals surface area contributed by atoms with Gasteiger partial charge in [0.05, 0.1) is 28.5 Å². The average molecular weight is 417 g/mol. The molecule has 0 spiro atoms. The van der Waals surface area contributed by atoms with Gasteiger partial charge in [-0.2, -0.15) is 0 Å². The van der Waals surface area contributed by atoms with Crippen molar-refractivity contribution >= 4 is 22.6 Å². The van der Waals surface area contributed by atoms with Gasteiger partial charge in [-0.25, -0.2) is 0 Å². The molecule has 4 rings (SSSR count). The van der Waals surface area contributed by atoms with Crippen molar-refractivity contribution in [3.8, 4) is 0 Å². The average Bonchev–Trinajstić information content (AvgIpc) is 3.00. The number of rotatable bonds is 4. The van der Waals surface area contributed by atoms with Crippen LogP contribution in [0.15, 0.2) is 59.5 Å². The molecule has 1 saturated heterocycles. The molecule has 2 aliphatic rings. The van der Waals surface area contributed by atoms with Crippen molar-refractivity contribution in [2.45, 2.75) is 34.7 Å². The molecule has 0 saturated carbocycles. The van der Waals surface area contributed by atoms with E-state index in [0.29, 0.717) is 4.90 Å². The molecule has 6 unspecified atom stereocenters. The number of imide groups is 1. The van der Waals surface area contributed by atoms with E-state index in [0.717, 1.165) is 4.90 Å². The van der Waals surface area contributed by atoms with E-state index in [1.165, 1.54) is 12.1 Å². The van der Waals surface area contributed by atoms with E-state index in [-0.39, 0.29) is 11.1 Å². The molecule has 0 aliphatic carbocycles. The molecule has 0 radical (unpaired) electrons. The minimum absolute atomic E-state index is 0.160. The highest BCUT2D eigenvalue weighted by atomic mass is 32.2. The normalized spacial score (nSPS) is 30.3. The Morgan fingerprint density at radius 3 is 2.00 bits per heavy atom. The monoisotopic (exact) mass is 417 g/mol. The molecule has 2 heterocycles. The number of amides is 2. The van der Waals surface area contributed by atoms with Crippen molar-refractivity contribution in [2.75, 3.05) is 6.61 Å². The van der Waals surface area contributed by atoms with Crippen LogP contribution in [0.4, 0.5) is 0 Å². The van der Waals surface area contributed by atoms with Gasteiger partial charge in [-0.3, -0.25) is 18.7 Å². The van der Waals surface area contributed by atoms with Crippen LogP contribution in [0.1, 0.15) is 20.7 Å². The third-order valence-electron chi connectivity index (χ3n) is 5.16. The predicted octanol–water partition coefficient (Wildman–Crippen LogP) is -0.102. The summed E-state index contributed by atoms with van der Waals surface area (Å²) in [5, 5.41) is 30.6. The summed E-state index contributed by atoms with van der Waals surface area (Å²) in [4.78, 5) is 27.0. The van der Waals surface area contributed by atoms with Crippen LogP contribution in [-0.2, 0) is 15.5 Å². The number of fused-ring (bicyclic) bond motifs is 1. The Morgan fingerprint density at radius 2 is 1.45 bits per heavy atom. The number of aliphatic hydroxyl groups is 3. The first-order valence-corrected chi connectivity index (χ1v) is 10.2. The Morgan fingerprint density at radius 1 is 0.897 bits per heavy atom. The molecule has 2 amide bonds. The largest absolute Gasteiger partial charge is 0.394 e. The van der Waals surface area contributed by atoms with Gasteiger partial charge in [-0.1, -0.05) is 30.3 Å².